The predicted octanol–water partition coefficient (Wildman–Crippen LogP) is 9.91. The van der Waals surface area contributed by atoms with Gasteiger partial charge in [-0.05, 0) is 6.92 Å². The Balaban J connectivity index is -0.0000000350. The van der Waals surface area contributed by atoms with Gasteiger partial charge in [0, 0.05) is 556 Å². The topological polar surface area (TPSA) is 0 Å². The summed E-state index contributed by atoms with van der Waals surface area (Å²) in [5.41, 5.74) is 12.3. The van der Waals surface area contributed by atoms with Gasteiger partial charge in [0.05, 0.1) is 0 Å². The first kappa shape index (κ1) is 113. The van der Waals surface area contributed by atoms with E-state index in [2.05, 4.69) is 86.6 Å². The normalized spacial score (nSPS) is 9.88. The summed E-state index contributed by atoms with van der Waals surface area (Å²) in [6, 6.07) is 35.3. The minimum atomic E-state index is -0.324. The molecule has 0 saturated carbocycles. The van der Waals surface area contributed by atoms with Crippen LogP contribution in [-0.4, -0.2) is 0 Å². The van der Waals surface area contributed by atoms with E-state index in [1.807, 2.05) is 67.5 Å². The Hall–Kier alpha value is 15.6. The molecule has 2 aliphatic carbocycles. The van der Waals surface area contributed by atoms with E-state index in [4.69, 9.17) is 0 Å². The van der Waals surface area contributed by atoms with Crippen molar-refractivity contribution in [2.24, 2.45) is 0 Å². The van der Waals surface area contributed by atoms with Gasteiger partial charge in [-0.1, -0.05) is 97.2 Å². The monoisotopic (exact) mass is 1970 g/mol. The molecule has 17 radical (unpaired) electrons. The van der Waals surface area contributed by atoms with Gasteiger partial charge < -0.3 is 18.2 Å². The van der Waals surface area contributed by atoms with Gasteiger partial charge in [0.1, 0.15) is 0 Å². The maximum atomic E-state index is 3.57. The third-order valence-electron chi connectivity index (χ3n) is 6.08. The Morgan fingerprint density at radius 3 is 1.27 bits per heavy atom. The molecule has 235 valence electrons. The molecule has 0 heterocycles. The smallest absolute Gasteiger partial charge is 0 e. The maximum Gasteiger partial charge on any atom is 0 e. The van der Waals surface area contributed by atoms with Crippen molar-refractivity contribution in [3.63, 3.8) is 0 Å². The summed E-state index contributed by atoms with van der Waals surface area (Å²) >= 11 is 0. The first-order chi connectivity index (χ1) is 17.2. The average Bonchev–Trinajstić information content (AvgIpc) is 3.39. The quantitative estimate of drug-likeness (QED) is 0.133. The predicted molar refractivity (Wildman–Crippen MR) is 153 cm³/mol. The van der Waals surface area contributed by atoms with Crippen LogP contribution in [0.2, 0.25) is 0 Å². The molecule has 1 atom stereocenters. The van der Waals surface area contributed by atoms with Crippen molar-refractivity contribution in [3.05, 3.63) is 118 Å². The summed E-state index contributed by atoms with van der Waals surface area (Å²) < 4.78 is 0. The van der Waals surface area contributed by atoms with E-state index in [-0.39, 0.29) is 561 Å². The van der Waals surface area contributed by atoms with Crippen molar-refractivity contribution in [1.29, 1.82) is 0 Å². The molecule has 0 saturated heterocycles. The minimum absolute atomic E-state index is 0. The number of aryl methyl sites for hydroxylation is 2. The van der Waals surface area contributed by atoms with E-state index in [0.29, 0.717) is 0 Å². The van der Waals surface area contributed by atoms with Crippen LogP contribution in [0.4, 0.5) is 0 Å². The van der Waals surface area contributed by atoms with Gasteiger partial charge in [0.2, 0.25) is 0 Å². The van der Waals surface area contributed by atoms with Crippen LogP contribution < -0.4 is 0 Å². The van der Waals surface area contributed by atoms with Crippen LogP contribution in [-0.2, 0) is 561 Å². The fourth-order valence-corrected chi connectivity index (χ4v) is 5.05. The molecule has 0 unspecified atom stereocenters. The number of fused-ring (bicyclic) bond motifs is 10. The van der Waals surface area contributed by atoms with Gasteiger partial charge in [0.25, 0.3) is 0 Å². The van der Waals surface area contributed by atoms with E-state index in [1.165, 1.54) is 55.6 Å². The summed E-state index contributed by atoms with van der Waals surface area (Å²) in [7, 11) is 0. The third kappa shape index (κ3) is 30.0. The largest absolute Gasteiger partial charge is 0.359 e. The fourth-order valence-electron chi connectivity index (χ4n) is 5.05. The van der Waals surface area contributed by atoms with Gasteiger partial charge in [-0.25, -0.2) is 22.8 Å². The molecule has 0 fully saturated rings. The van der Waals surface area contributed by atoms with Crippen molar-refractivity contribution in [2.45, 2.75) is 74.7 Å². The van der Waals surface area contributed by atoms with E-state index < -0.39 is 0 Å². The summed E-state index contributed by atoms with van der Waals surface area (Å²) in [5.74, 6) is 0. The van der Waals surface area contributed by atoms with Crippen LogP contribution in [0.5, 0.6) is 0 Å². The molecule has 0 aromatic heterocycles. The Labute approximate surface area is 748 Å². The van der Waals surface area contributed by atoms with Crippen LogP contribution in [0, 0.1) is 38.1 Å². The van der Waals surface area contributed by atoms with Gasteiger partial charge >= 0.3 is 0 Å². The van der Waals surface area contributed by atoms with Crippen LogP contribution in [0.15, 0.2) is 60.7 Å². The molecule has 52 heavy (non-hydrogen) atoms. The molecule has 0 nitrogen and oxygen atoms in total. The second kappa shape index (κ2) is 66.6. The molecule has 0 amide bonds. The maximum absolute atomic E-state index is 3.57. The van der Waals surface area contributed by atoms with Crippen molar-refractivity contribution >= 4 is 0 Å². The van der Waals surface area contributed by atoms with Crippen molar-refractivity contribution in [2.75, 3.05) is 0 Å². The number of rotatable bonds is 0. The molecule has 1 spiro atoms. The summed E-state index contributed by atoms with van der Waals surface area (Å²) in [6.45, 7) is 20.3. The fraction of sp³-hybridized carbons (Fsp3) is 0.314. The number of hydrogen-bond donors (Lipinski definition) is 0. The number of benzene rings is 4. The molecule has 6 rings (SSSR count). The molecule has 4 aromatic carbocycles. The van der Waals surface area contributed by atoms with Crippen LogP contribution in [0.1, 0.15) is 88.8 Å². The third-order valence-corrected chi connectivity index (χ3v) is 6.08. The SMILES string of the molecule is CC.CC.CC.CC.Cc1c[c-]c2c(c1)[C@]1(c3c[c-]c[c-]c3-c3ccc(C)cc31)c1c[c-]ccc1-2.[Y].[Y].[Y].[Y].[Y].[Y].[Y].[Y].[Y].[Y].[Y].[Y].[Y].[Y].[Y].[Y].[Y]. The molecule has 0 N–H and O–H groups in total. The second-order valence-electron chi connectivity index (χ2n) is 7.62. The summed E-state index contributed by atoms with van der Waals surface area (Å²) in [5, 5.41) is 0. The Bertz CT molecular complexity index is 1190. The van der Waals surface area contributed by atoms with Crippen molar-refractivity contribution in [3.8, 4) is 22.3 Å². The van der Waals surface area contributed by atoms with E-state index in [1.54, 1.807) is 0 Å². The van der Waals surface area contributed by atoms with Crippen molar-refractivity contribution in [1.82, 2.24) is 0 Å². The standard InChI is InChI=1S/C27H16.4C2H6.17Y/c1-17-11-13-21-19-7-3-5-9-23(19)27(25(21)15-17)24-10-6-4-8-20(24)22-14-12-18(2)16-26(22)27;4*1-2;;;;;;;;;;;;;;;;;/h3-4,7,9-12,14-16H,1-2H3;4*1-2H3;;;;;;;;;;;;;;;;;/q-4;;;;;;;;;;;;;;;;;;;;;/t27-;;;;;;;;;;;;;;;;;;;;;/m1...................../s1. The molecule has 0 bridgehead atoms. The Morgan fingerprint density at radius 2 is 0.788 bits per heavy atom. The molecule has 17 heteroatoms. The first-order valence-electron chi connectivity index (χ1n) is 13.3. The summed E-state index contributed by atoms with van der Waals surface area (Å²) in [6.07, 6.45) is 0. The molecule has 4 aromatic rings. The zero-order chi connectivity index (χ0) is 26.2. The first-order valence-corrected chi connectivity index (χ1v) is 13.3. The average molecular weight is 1970 g/mol. The Morgan fingerprint density at radius 1 is 0.385 bits per heavy atom. The summed E-state index contributed by atoms with van der Waals surface area (Å²) in [4.78, 5) is 0. The molecule has 0 aliphatic heterocycles. The minimum Gasteiger partial charge on any atom is -0.359 e. The van der Waals surface area contributed by atoms with Crippen LogP contribution in [0.25, 0.3) is 22.3 Å². The van der Waals surface area contributed by atoms with Gasteiger partial charge in [-0.2, -0.15) is 23.8 Å². The van der Waals surface area contributed by atoms with E-state index in [0.717, 1.165) is 0 Å². The zero-order valence-electron chi connectivity index (χ0n) is 33.1. The number of hydrogen-bond acceptors (Lipinski definition) is 0. The molecular weight excluding hydrogens is 1930 g/mol. The van der Waals surface area contributed by atoms with Gasteiger partial charge in [-0.3, -0.25) is 11.6 Å². The second-order valence-corrected chi connectivity index (χ2v) is 7.62. The molecule has 2 aliphatic rings. The van der Waals surface area contributed by atoms with Crippen LogP contribution in [0.3, 0.4) is 0 Å². The van der Waals surface area contributed by atoms with Crippen molar-refractivity contribution < 1.29 is 556 Å². The van der Waals surface area contributed by atoms with Gasteiger partial charge in [-0.15, -0.1) is 34.7 Å². The zero-order valence-corrected chi connectivity index (χ0v) is 81.3. The van der Waals surface area contributed by atoms with Crippen LogP contribution >= 0.6 is 0 Å². The van der Waals surface area contributed by atoms with E-state index >= 15 is 0 Å². The Kier molecular flexibility index (Phi) is 144. The van der Waals surface area contributed by atoms with Gasteiger partial charge in [0.15, 0.2) is 0 Å². The van der Waals surface area contributed by atoms with E-state index in [9.17, 15) is 0 Å². The molecular formula is C35H40Y17-4.